The average Bonchev–Trinajstić information content (AvgIpc) is 2.41. The molecular formula is C15H15NO2. The van der Waals surface area contributed by atoms with Gasteiger partial charge in [0.1, 0.15) is 6.61 Å². The third-order valence-electron chi connectivity index (χ3n) is 2.40. The molecule has 3 heteroatoms. The molecule has 0 bridgehead atoms. The quantitative estimate of drug-likeness (QED) is 0.874. The summed E-state index contributed by atoms with van der Waals surface area (Å²) in [5, 5.41) is 2.76. The fraction of sp³-hybridized carbons (Fsp3) is 0.133. The fourth-order valence-electron chi connectivity index (χ4n) is 1.55. The fourth-order valence-corrected chi connectivity index (χ4v) is 1.55. The minimum atomic E-state index is -0.142. The Labute approximate surface area is 106 Å². The molecule has 1 amide bonds. The highest BCUT2D eigenvalue weighted by Gasteiger charge is 2.01. The van der Waals surface area contributed by atoms with Crippen LogP contribution in [0.15, 0.2) is 60.7 Å². The Bertz CT molecular complexity index is 482. The Balaban J connectivity index is 1.73. The maximum atomic E-state index is 11.6. The first kappa shape index (κ1) is 12.3. The molecule has 0 fully saturated rings. The Hall–Kier alpha value is -2.13. The lowest BCUT2D eigenvalue weighted by molar-refractivity contribution is -0.121. The molecule has 0 aliphatic heterocycles. The largest absolute Gasteiger partial charge is 0.367 e. The van der Waals surface area contributed by atoms with Gasteiger partial charge in [-0.25, -0.2) is 0 Å². The van der Waals surface area contributed by atoms with Crippen LogP contribution in [0.3, 0.4) is 0 Å². The third-order valence-corrected chi connectivity index (χ3v) is 2.40. The molecule has 0 spiro atoms. The van der Waals surface area contributed by atoms with Crippen molar-refractivity contribution in [2.75, 3.05) is 11.9 Å². The lowest BCUT2D eigenvalue weighted by Crippen LogP contribution is -2.18. The maximum absolute atomic E-state index is 11.6. The Kier molecular flexibility index (Phi) is 4.50. The van der Waals surface area contributed by atoms with E-state index in [9.17, 15) is 4.79 Å². The summed E-state index contributed by atoms with van der Waals surface area (Å²) in [6, 6.07) is 19.1. The average molecular weight is 241 g/mol. The van der Waals surface area contributed by atoms with Crippen molar-refractivity contribution in [2.24, 2.45) is 0 Å². The first-order chi connectivity index (χ1) is 8.84. The van der Waals surface area contributed by atoms with Gasteiger partial charge in [0.15, 0.2) is 0 Å². The summed E-state index contributed by atoms with van der Waals surface area (Å²) < 4.78 is 5.34. The Morgan fingerprint density at radius 3 is 2.22 bits per heavy atom. The normalized spacial score (nSPS) is 10.0. The van der Waals surface area contributed by atoms with E-state index in [1.807, 2.05) is 60.7 Å². The van der Waals surface area contributed by atoms with Crippen LogP contribution >= 0.6 is 0 Å². The molecule has 18 heavy (non-hydrogen) atoms. The van der Waals surface area contributed by atoms with Gasteiger partial charge in [0.25, 0.3) is 0 Å². The van der Waals surface area contributed by atoms with Gasteiger partial charge in [-0.3, -0.25) is 4.79 Å². The van der Waals surface area contributed by atoms with Crippen LogP contribution in [0.25, 0.3) is 0 Å². The number of hydrogen-bond acceptors (Lipinski definition) is 2. The van der Waals surface area contributed by atoms with Gasteiger partial charge in [-0.05, 0) is 17.7 Å². The predicted molar refractivity (Wildman–Crippen MR) is 71.2 cm³/mol. The van der Waals surface area contributed by atoms with Gasteiger partial charge in [-0.1, -0.05) is 48.5 Å². The Morgan fingerprint density at radius 2 is 1.56 bits per heavy atom. The summed E-state index contributed by atoms with van der Waals surface area (Å²) in [6.07, 6.45) is 0. The van der Waals surface area contributed by atoms with Crippen LogP contribution in [0.4, 0.5) is 5.69 Å². The minimum absolute atomic E-state index is 0.0593. The van der Waals surface area contributed by atoms with Crippen molar-refractivity contribution < 1.29 is 9.53 Å². The summed E-state index contributed by atoms with van der Waals surface area (Å²) >= 11 is 0. The number of carbonyl (C=O) groups excluding carboxylic acids is 1. The second kappa shape index (κ2) is 6.57. The van der Waals surface area contributed by atoms with Crippen LogP contribution in [0.2, 0.25) is 0 Å². The highest BCUT2D eigenvalue weighted by atomic mass is 16.5. The van der Waals surface area contributed by atoms with E-state index in [1.54, 1.807) is 0 Å². The number of ether oxygens (including phenoxy) is 1. The highest BCUT2D eigenvalue weighted by molar-refractivity contribution is 5.91. The van der Waals surface area contributed by atoms with Crippen molar-refractivity contribution in [1.82, 2.24) is 0 Å². The van der Waals surface area contributed by atoms with Crippen molar-refractivity contribution in [2.45, 2.75) is 6.61 Å². The first-order valence-electron chi connectivity index (χ1n) is 5.81. The van der Waals surface area contributed by atoms with Crippen LogP contribution in [-0.2, 0) is 16.1 Å². The SMILES string of the molecule is O=C(COCc1ccccc1)Nc1ccccc1. The standard InChI is InChI=1S/C15H15NO2/c17-15(16-14-9-5-2-6-10-14)12-18-11-13-7-3-1-4-8-13/h1-10H,11-12H2,(H,16,17). The molecule has 2 aromatic carbocycles. The van der Waals surface area contributed by atoms with E-state index in [-0.39, 0.29) is 12.5 Å². The van der Waals surface area contributed by atoms with Crippen molar-refractivity contribution in [3.8, 4) is 0 Å². The molecule has 0 saturated carbocycles. The van der Waals surface area contributed by atoms with Gasteiger partial charge >= 0.3 is 0 Å². The third kappa shape index (κ3) is 4.03. The molecule has 2 aromatic rings. The highest BCUT2D eigenvalue weighted by Crippen LogP contribution is 2.05. The number of para-hydroxylation sites is 1. The number of anilines is 1. The summed E-state index contributed by atoms with van der Waals surface area (Å²) in [6.45, 7) is 0.507. The first-order valence-corrected chi connectivity index (χ1v) is 5.81. The Morgan fingerprint density at radius 1 is 0.944 bits per heavy atom. The second-order valence-corrected chi connectivity index (χ2v) is 3.89. The summed E-state index contributed by atoms with van der Waals surface area (Å²) in [4.78, 5) is 11.6. The molecule has 0 unspecified atom stereocenters. The van der Waals surface area contributed by atoms with E-state index in [1.165, 1.54) is 0 Å². The summed E-state index contributed by atoms with van der Waals surface area (Å²) in [5.41, 5.74) is 1.84. The lowest BCUT2D eigenvalue weighted by atomic mass is 10.2. The summed E-state index contributed by atoms with van der Waals surface area (Å²) in [7, 11) is 0. The van der Waals surface area contributed by atoms with Gasteiger partial charge in [-0.2, -0.15) is 0 Å². The van der Waals surface area contributed by atoms with Crippen LogP contribution in [0.1, 0.15) is 5.56 Å². The molecule has 0 heterocycles. The number of carbonyl (C=O) groups is 1. The number of rotatable bonds is 5. The molecule has 3 nitrogen and oxygen atoms in total. The van der Waals surface area contributed by atoms with Crippen LogP contribution in [-0.4, -0.2) is 12.5 Å². The maximum Gasteiger partial charge on any atom is 0.250 e. The number of nitrogens with one attached hydrogen (secondary N) is 1. The zero-order valence-electron chi connectivity index (χ0n) is 10.0. The molecule has 0 atom stereocenters. The van der Waals surface area contributed by atoms with Gasteiger partial charge < -0.3 is 10.1 Å². The van der Waals surface area contributed by atoms with E-state index >= 15 is 0 Å². The monoisotopic (exact) mass is 241 g/mol. The molecule has 0 aromatic heterocycles. The van der Waals surface area contributed by atoms with E-state index in [0.29, 0.717) is 6.61 Å². The van der Waals surface area contributed by atoms with Crippen molar-refractivity contribution >= 4 is 11.6 Å². The minimum Gasteiger partial charge on any atom is -0.367 e. The molecule has 92 valence electrons. The topological polar surface area (TPSA) is 38.3 Å². The smallest absolute Gasteiger partial charge is 0.250 e. The molecule has 0 saturated heterocycles. The summed E-state index contributed by atoms with van der Waals surface area (Å²) in [5.74, 6) is -0.142. The molecule has 2 rings (SSSR count). The molecular weight excluding hydrogens is 226 g/mol. The molecule has 0 aliphatic rings. The molecule has 1 N–H and O–H groups in total. The van der Waals surface area contributed by atoms with Gasteiger partial charge in [0, 0.05) is 5.69 Å². The zero-order valence-corrected chi connectivity index (χ0v) is 10.0. The van der Waals surface area contributed by atoms with Gasteiger partial charge in [-0.15, -0.1) is 0 Å². The number of benzene rings is 2. The molecule has 0 aliphatic carbocycles. The number of hydrogen-bond donors (Lipinski definition) is 1. The van der Waals surface area contributed by atoms with Crippen molar-refractivity contribution in [1.29, 1.82) is 0 Å². The van der Waals surface area contributed by atoms with Crippen LogP contribution in [0.5, 0.6) is 0 Å². The lowest BCUT2D eigenvalue weighted by Gasteiger charge is -2.06. The van der Waals surface area contributed by atoms with Crippen molar-refractivity contribution in [3.05, 3.63) is 66.2 Å². The molecule has 0 radical (unpaired) electrons. The van der Waals surface area contributed by atoms with E-state index < -0.39 is 0 Å². The van der Waals surface area contributed by atoms with Gasteiger partial charge in [0.05, 0.1) is 6.61 Å². The van der Waals surface area contributed by atoms with E-state index in [0.717, 1.165) is 11.3 Å². The van der Waals surface area contributed by atoms with Gasteiger partial charge in [0.2, 0.25) is 5.91 Å². The second-order valence-electron chi connectivity index (χ2n) is 3.89. The van der Waals surface area contributed by atoms with Crippen molar-refractivity contribution in [3.63, 3.8) is 0 Å². The zero-order chi connectivity index (χ0) is 12.6. The van der Waals surface area contributed by atoms with Crippen LogP contribution in [0, 0.1) is 0 Å². The van der Waals surface area contributed by atoms with E-state index in [2.05, 4.69) is 5.32 Å². The number of amides is 1. The van der Waals surface area contributed by atoms with Crippen LogP contribution < -0.4 is 5.32 Å². The predicted octanol–water partition coefficient (Wildman–Crippen LogP) is 2.84. The van der Waals surface area contributed by atoms with E-state index in [4.69, 9.17) is 4.74 Å².